The lowest BCUT2D eigenvalue weighted by molar-refractivity contribution is 0.627. The van der Waals surface area contributed by atoms with Crippen molar-refractivity contribution in [2.24, 2.45) is 0 Å². The maximum absolute atomic E-state index is 15.0. The number of halogens is 2. The molecule has 0 spiro atoms. The fraction of sp³-hybridized carbons (Fsp3) is 0.121. The third-order valence-electron chi connectivity index (χ3n) is 15.2. The SMILES string of the molecule is Cc1ccccc1N(c1ccccc1)c1ccc2c(c1)C(C)(C)c1cc3c(-c4ccc(F)cc4)c4c(cc3c(-c3ccc(F)cc3)c1-2)C(C)(C)c1cc(N(c2ccccc2)c2ccccc2C)ccc1-4. The third kappa shape index (κ3) is 6.72. The Morgan fingerprint density at radius 3 is 1.06 bits per heavy atom. The molecule has 70 heavy (non-hydrogen) atoms. The van der Waals surface area contributed by atoms with Gasteiger partial charge in [0, 0.05) is 45.0 Å². The van der Waals surface area contributed by atoms with Crippen LogP contribution in [0.15, 0.2) is 206 Å². The molecule has 12 rings (SSSR count). The normalized spacial score (nSPS) is 13.7. The third-order valence-corrected chi connectivity index (χ3v) is 15.2. The number of anilines is 6. The number of hydrogen-bond donors (Lipinski definition) is 0. The van der Waals surface area contributed by atoms with Gasteiger partial charge in [-0.2, -0.15) is 0 Å². The zero-order chi connectivity index (χ0) is 48.1. The van der Waals surface area contributed by atoms with Crippen LogP contribution in [-0.4, -0.2) is 0 Å². The van der Waals surface area contributed by atoms with Gasteiger partial charge in [0.2, 0.25) is 0 Å². The first-order valence-corrected chi connectivity index (χ1v) is 24.2. The Morgan fingerprint density at radius 2 is 0.686 bits per heavy atom. The van der Waals surface area contributed by atoms with Crippen LogP contribution in [0.3, 0.4) is 0 Å². The van der Waals surface area contributed by atoms with E-state index in [1.165, 1.54) is 33.4 Å². The van der Waals surface area contributed by atoms with Crippen LogP contribution < -0.4 is 9.80 Å². The van der Waals surface area contributed by atoms with Gasteiger partial charge in [0.25, 0.3) is 0 Å². The fourth-order valence-corrected chi connectivity index (χ4v) is 11.7. The Morgan fingerprint density at radius 1 is 0.329 bits per heavy atom. The number of aryl methyl sites for hydroxylation is 2. The molecule has 0 saturated carbocycles. The molecule has 0 atom stereocenters. The summed E-state index contributed by atoms with van der Waals surface area (Å²) in [5, 5.41) is 2.16. The number of nitrogens with zero attached hydrogens (tertiary/aromatic N) is 2. The van der Waals surface area contributed by atoms with E-state index in [4.69, 9.17) is 0 Å². The van der Waals surface area contributed by atoms with Crippen molar-refractivity contribution in [3.8, 4) is 44.5 Å². The van der Waals surface area contributed by atoms with E-state index in [1.807, 2.05) is 24.3 Å². The van der Waals surface area contributed by atoms with E-state index in [0.29, 0.717) is 0 Å². The van der Waals surface area contributed by atoms with E-state index in [1.54, 1.807) is 24.3 Å². The number of para-hydroxylation sites is 4. The average molecular weight is 911 g/mol. The van der Waals surface area contributed by atoms with Gasteiger partial charge in [-0.05, 0) is 200 Å². The smallest absolute Gasteiger partial charge is 0.123 e. The van der Waals surface area contributed by atoms with Crippen molar-refractivity contribution in [3.63, 3.8) is 0 Å². The Labute approximate surface area is 409 Å². The first kappa shape index (κ1) is 43.2. The zero-order valence-electron chi connectivity index (χ0n) is 40.3. The molecule has 0 aliphatic heterocycles. The first-order valence-electron chi connectivity index (χ1n) is 24.2. The second-order valence-electron chi connectivity index (χ2n) is 20.1. The highest BCUT2D eigenvalue weighted by Crippen LogP contribution is 2.61. The van der Waals surface area contributed by atoms with Crippen LogP contribution in [0.4, 0.5) is 42.9 Å². The molecule has 0 saturated heterocycles. The van der Waals surface area contributed by atoms with E-state index in [0.717, 1.165) is 89.4 Å². The molecule has 2 aliphatic rings. The largest absolute Gasteiger partial charge is 0.310 e. The lowest BCUT2D eigenvalue weighted by Crippen LogP contribution is -2.17. The van der Waals surface area contributed by atoms with Crippen molar-refractivity contribution in [1.29, 1.82) is 0 Å². The van der Waals surface area contributed by atoms with Gasteiger partial charge >= 0.3 is 0 Å². The summed E-state index contributed by atoms with van der Waals surface area (Å²) in [6, 6.07) is 71.0. The lowest BCUT2D eigenvalue weighted by atomic mass is 9.76. The molecule has 10 aromatic rings. The Balaban J connectivity index is 1.13. The minimum atomic E-state index is -0.445. The summed E-state index contributed by atoms with van der Waals surface area (Å²) in [6.45, 7) is 13.7. The highest BCUT2D eigenvalue weighted by molar-refractivity contribution is 6.17. The summed E-state index contributed by atoms with van der Waals surface area (Å²) in [7, 11) is 0. The predicted octanol–water partition coefficient (Wildman–Crippen LogP) is 18.6. The van der Waals surface area contributed by atoms with E-state index in [-0.39, 0.29) is 11.6 Å². The summed E-state index contributed by atoms with van der Waals surface area (Å²) in [6.07, 6.45) is 0. The van der Waals surface area contributed by atoms with Crippen LogP contribution >= 0.6 is 0 Å². The summed E-state index contributed by atoms with van der Waals surface area (Å²) in [5.41, 5.74) is 21.5. The van der Waals surface area contributed by atoms with Gasteiger partial charge in [-0.25, -0.2) is 8.78 Å². The van der Waals surface area contributed by atoms with Crippen molar-refractivity contribution in [2.75, 3.05) is 9.80 Å². The maximum atomic E-state index is 15.0. The van der Waals surface area contributed by atoms with Crippen LogP contribution in [-0.2, 0) is 10.8 Å². The van der Waals surface area contributed by atoms with Crippen molar-refractivity contribution in [3.05, 3.63) is 251 Å². The number of hydrogen-bond acceptors (Lipinski definition) is 2. The monoisotopic (exact) mass is 910 g/mol. The van der Waals surface area contributed by atoms with Crippen LogP contribution in [0.2, 0.25) is 0 Å². The first-order chi connectivity index (χ1) is 33.9. The molecular formula is C66H52F2N2. The molecule has 0 amide bonds. The highest BCUT2D eigenvalue weighted by Gasteiger charge is 2.42. The molecule has 2 aliphatic carbocycles. The molecule has 0 radical (unpaired) electrons. The Kier molecular flexibility index (Phi) is 10.0. The number of fused-ring (bicyclic) bond motifs is 7. The van der Waals surface area contributed by atoms with E-state index in [9.17, 15) is 0 Å². The molecule has 10 aromatic carbocycles. The Bertz CT molecular complexity index is 3440. The summed E-state index contributed by atoms with van der Waals surface area (Å²) in [5.74, 6) is -0.558. The average Bonchev–Trinajstić information content (AvgIpc) is 3.73. The second-order valence-corrected chi connectivity index (χ2v) is 20.1. The molecular weight excluding hydrogens is 859 g/mol. The molecule has 0 aromatic heterocycles. The minimum Gasteiger partial charge on any atom is -0.310 e. The quantitative estimate of drug-likeness (QED) is 0.150. The number of rotatable bonds is 8. The Hall–Kier alpha value is -8.08. The molecule has 0 bridgehead atoms. The lowest BCUT2D eigenvalue weighted by Gasteiger charge is -2.29. The summed E-state index contributed by atoms with van der Waals surface area (Å²) >= 11 is 0. The van der Waals surface area contributed by atoms with Gasteiger partial charge in [-0.1, -0.05) is 137 Å². The predicted molar refractivity (Wildman–Crippen MR) is 289 cm³/mol. The molecule has 0 fully saturated rings. The van der Waals surface area contributed by atoms with Crippen LogP contribution in [0.5, 0.6) is 0 Å². The van der Waals surface area contributed by atoms with Gasteiger partial charge in [0.1, 0.15) is 11.6 Å². The van der Waals surface area contributed by atoms with E-state index in [2.05, 4.69) is 209 Å². The van der Waals surface area contributed by atoms with E-state index >= 15 is 8.78 Å². The summed E-state index contributed by atoms with van der Waals surface area (Å²) < 4.78 is 30.0. The molecule has 2 nitrogen and oxygen atoms in total. The fourth-order valence-electron chi connectivity index (χ4n) is 11.7. The van der Waals surface area contributed by atoms with Crippen molar-refractivity contribution < 1.29 is 8.78 Å². The van der Waals surface area contributed by atoms with Gasteiger partial charge in [-0.3, -0.25) is 0 Å². The van der Waals surface area contributed by atoms with Gasteiger partial charge in [-0.15, -0.1) is 0 Å². The molecule has 0 N–H and O–H groups in total. The summed E-state index contributed by atoms with van der Waals surface area (Å²) in [4.78, 5) is 4.71. The topological polar surface area (TPSA) is 6.48 Å². The van der Waals surface area contributed by atoms with Crippen LogP contribution in [0.1, 0.15) is 61.1 Å². The molecule has 4 heteroatoms. The molecule has 0 heterocycles. The zero-order valence-corrected chi connectivity index (χ0v) is 40.3. The van der Waals surface area contributed by atoms with Crippen LogP contribution in [0, 0.1) is 25.5 Å². The highest BCUT2D eigenvalue weighted by atomic mass is 19.1. The molecule has 0 unspecified atom stereocenters. The van der Waals surface area contributed by atoms with Gasteiger partial charge in [0.05, 0.1) is 0 Å². The second kappa shape index (κ2) is 16.3. The standard InChI is InChI=1S/C66H52F2N2/c1-41-17-13-15-23-59(41)69(47-19-9-7-10-20-47)49-33-35-51-55(37-49)65(3,4)57-39-53-54(61(63(51)57)43-25-29-45(67)30-26-43)40-58-64(62(53)44-27-31-46(68)32-28-44)52-36-34-50(38-56(52)66(58,5)6)70(48-21-11-8-12-22-48)60-24-16-14-18-42(60)2/h7-40H,1-6H3. The van der Waals surface area contributed by atoms with E-state index < -0.39 is 10.8 Å². The van der Waals surface area contributed by atoms with Crippen molar-refractivity contribution in [1.82, 2.24) is 0 Å². The molecule has 340 valence electrons. The van der Waals surface area contributed by atoms with Gasteiger partial charge < -0.3 is 9.80 Å². The minimum absolute atomic E-state index is 0.279. The number of benzene rings is 10. The van der Waals surface area contributed by atoms with Crippen LogP contribution in [0.25, 0.3) is 55.3 Å². The maximum Gasteiger partial charge on any atom is 0.123 e. The van der Waals surface area contributed by atoms with Crippen molar-refractivity contribution >= 4 is 44.9 Å². The van der Waals surface area contributed by atoms with Gasteiger partial charge in [0.15, 0.2) is 0 Å². The van der Waals surface area contributed by atoms with Crippen molar-refractivity contribution in [2.45, 2.75) is 52.4 Å².